The summed E-state index contributed by atoms with van der Waals surface area (Å²) < 4.78 is 77.4. The standard InChI is InChI=1S/C14H7ClF6/c15-11-7-9(13(16,17)18)6-10(12(11)14(19,20)21)8-4-2-1-3-5-8/h1-7H. The molecular formula is C14H7ClF6. The van der Waals surface area contributed by atoms with E-state index in [0.29, 0.717) is 6.07 Å². The van der Waals surface area contributed by atoms with Crippen molar-refractivity contribution in [2.24, 2.45) is 0 Å². The first-order chi connectivity index (χ1) is 9.60. The van der Waals surface area contributed by atoms with Crippen LogP contribution in [0.3, 0.4) is 0 Å². The fraction of sp³-hybridized carbons (Fsp3) is 0.143. The Kier molecular flexibility index (Phi) is 3.93. The molecule has 0 N–H and O–H groups in total. The molecule has 0 aromatic heterocycles. The fourth-order valence-electron chi connectivity index (χ4n) is 1.90. The lowest BCUT2D eigenvalue weighted by Crippen LogP contribution is -2.12. The first-order valence-corrected chi connectivity index (χ1v) is 6.02. The molecule has 21 heavy (non-hydrogen) atoms. The third kappa shape index (κ3) is 3.32. The molecular weight excluding hydrogens is 318 g/mol. The topological polar surface area (TPSA) is 0 Å². The van der Waals surface area contributed by atoms with Gasteiger partial charge in [0.05, 0.1) is 16.1 Å². The maximum atomic E-state index is 13.1. The molecule has 0 nitrogen and oxygen atoms in total. The van der Waals surface area contributed by atoms with Gasteiger partial charge in [-0.2, -0.15) is 26.3 Å². The lowest BCUT2D eigenvalue weighted by atomic mass is 9.96. The number of rotatable bonds is 1. The van der Waals surface area contributed by atoms with Gasteiger partial charge in [0.15, 0.2) is 0 Å². The monoisotopic (exact) mass is 324 g/mol. The van der Waals surface area contributed by atoms with Gasteiger partial charge < -0.3 is 0 Å². The Morgan fingerprint density at radius 3 is 1.81 bits per heavy atom. The first-order valence-electron chi connectivity index (χ1n) is 5.64. The molecule has 0 saturated heterocycles. The molecule has 0 radical (unpaired) electrons. The third-order valence-electron chi connectivity index (χ3n) is 2.79. The van der Waals surface area contributed by atoms with Crippen LogP contribution in [0.25, 0.3) is 11.1 Å². The Labute approximate surface area is 121 Å². The molecule has 0 amide bonds. The summed E-state index contributed by atoms with van der Waals surface area (Å²) in [6.45, 7) is 0. The van der Waals surface area contributed by atoms with Crippen LogP contribution in [-0.2, 0) is 12.4 Å². The molecule has 0 atom stereocenters. The van der Waals surface area contributed by atoms with Crippen LogP contribution in [0.15, 0.2) is 42.5 Å². The Morgan fingerprint density at radius 1 is 0.762 bits per heavy atom. The second kappa shape index (κ2) is 5.26. The highest BCUT2D eigenvalue weighted by molar-refractivity contribution is 6.32. The maximum absolute atomic E-state index is 13.1. The van der Waals surface area contributed by atoms with Crippen molar-refractivity contribution in [3.8, 4) is 11.1 Å². The predicted molar refractivity (Wildman–Crippen MR) is 66.9 cm³/mol. The van der Waals surface area contributed by atoms with E-state index in [0.717, 1.165) is 0 Å². The molecule has 0 aliphatic heterocycles. The first kappa shape index (κ1) is 15.7. The second-order valence-corrected chi connectivity index (χ2v) is 4.65. The molecule has 0 spiro atoms. The average Bonchev–Trinajstić information content (AvgIpc) is 2.36. The SMILES string of the molecule is FC(F)(F)c1cc(Cl)c(C(F)(F)F)c(-c2ccccc2)c1. The van der Waals surface area contributed by atoms with E-state index in [-0.39, 0.29) is 11.6 Å². The number of halogens is 7. The van der Waals surface area contributed by atoms with Crippen molar-refractivity contribution in [3.63, 3.8) is 0 Å². The molecule has 2 aromatic rings. The van der Waals surface area contributed by atoms with Crippen LogP contribution in [0.5, 0.6) is 0 Å². The van der Waals surface area contributed by atoms with Gasteiger partial charge in [0.2, 0.25) is 0 Å². The second-order valence-electron chi connectivity index (χ2n) is 4.24. The number of hydrogen-bond acceptors (Lipinski definition) is 0. The van der Waals surface area contributed by atoms with Crippen molar-refractivity contribution < 1.29 is 26.3 Å². The molecule has 2 aromatic carbocycles. The van der Waals surface area contributed by atoms with E-state index in [4.69, 9.17) is 11.6 Å². The molecule has 7 heteroatoms. The van der Waals surface area contributed by atoms with Gasteiger partial charge in [-0.1, -0.05) is 41.9 Å². The summed E-state index contributed by atoms with van der Waals surface area (Å²) in [5.74, 6) is 0. The number of alkyl halides is 6. The lowest BCUT2D eigenvalue weighted by molar-refractivity contribution is -0.140. The van der Waals surface area contributed by atoms with Gasteiger partial charge in [-0.25, -0.2) is 0 Å². The highest BCUT2D eigenvalue weighted by Crippen LogP contribution is 2.44. The van der Waals surface area contributed by atoms with Gasteiger partial charge in [0, 0.05) is 0 Å². The van der Waals surface area contributed by atoms with Crippen molar-refractivity contribution in [1.29, 1.82) is 0 Å². The minimum atomic E-state index is -4.85. The van der Waals surface area contributed by atoms with Crippen LogP contribution in [0.4, 0.5) is 26.3 Å². The Hall–Kier alpha value is -1.69. The van der Waals surface area contributed by atoms with Crippen molar-refractivity contribution in [3.05, 3.63) is 58.6 Å². The zero-order chi connectivity index (χ0) is 15.8. The van der Waals surface area contributed by atoms with Gasteiger partial charge in [-0.05, 0) is 23.3 Å². The van der Waals surface area contributed by atoms with E-state index in [1.54, 1.807) is 6.07 Å². The summed E-state index contributed by atoms with van der Waals surface area (Å²) >= 11 is 5.46. The molecule has 0 aliphatic carbocycles. The minimum Gasteiger partial charge on any atom is -0.166 e. The molecule has 0 fully saturated rings. The normalized spacial score (nSPS) is 12.5. The minimum absolute atomic E-state index is 0.0119. The van der Waals surface area contributed by atoms with Crippen molar-refractivity contribution in [2.75, 3.05) is 0 Å². The number of benzene rings is 2. The van der Waals surface area contributed by atoms with Gasteiger partial charge in [-0.15, -0.1) is 0 Å². The molecule has 112 valence electrons. The molecule has 0 unspecified atom stereocenters. The number of hydrogen-bond donors (Lipinski definition) is 0. The van der Waals surface area contributed by atoms with Gasteiger partial charge in [0.25, 0.3) is 0 Å². The van der Waals surface area contributed by atoms with Crippen molar-refractivity contribution in [2.45, 2.75) is 12.4 Å². The zero-order valence-corrected chi connectivity index (χ0v) is 10.9. The smallest absolute Gasteiger partial charge is 0.166 e. The molecule has 0 heterocycles. The molecule has 2 rings (SSSR count). The molecule has 0 bridgehead atoms. The quantitative estimate of drug-likeness (QED) is 0.561. The highest BCUT2D eigenvalue weighted by atomic mass is 35.5. The summed E-state index contributed by atoms with van der Waals surface area (Å²) in [7, 11) is 0. The van der Waals surface area contributed by atoms with E-state index in [1.165, 1.54) is 24.3 Å². The van der Waals surface area contributed by atoms with Crippen molar-refractivity contribution in [1.82, 2.24) is 0 Å². The summed E-state index contributed by atoms with van der Waals surface area (Å²) in [4.78, 5) is 0. The van der Waals surface area contributed by atoms with Crippen LogP contribution in [-0.4, -0.2) is 0 Å². The maximum Gasteiger partial charge on any atom is 0.418 e. The zero-order valence-electron chi connectivity index (χ0n) is 10.2. The van der Waals surface area contributed by atoms with E-state index in [1.807, 2.05) is 0 Å². The Morgan fingerprint density at radius 2 is 1.33 bits per heavy atom. The fourth-order valence-corrected chi connectivity index (χ4v) is 2.23. The van der Waals surface area contributed by atoms with E-state index < -0.39 is 34.1 Å². The van der Waals surface area contributed by atoms with Crippen LogP contribution in [0, 0.1) is 0 Å². The van der Waals surface area contributed by atoms with Crippen molar-refractivity contribution >= 4 is 11.6 Å². The van der Waals surface area contributed by atoms with E-state index in [9.17, 15) is 26.3 Å². The highest BCUT2D eigenvalue weighted by Gasteiger charge is 2.39. The van der Waals surface area contributed by atoms with Gasteiger partial charge >= 0.3 is 12.4 Å². The lowest BCUT2D eigenvalue weighted by Gasteiger charge is -2.17. The molecule has 0 aliphatic rings. The third-order valence-corrected chi connectivity index (χ3v) is 3.08. The summed E-state index contributed by atoms with van der Waals surface area (Å²) in [6.07, 6.45) is -9.64. The largest absolute Gasteiger partial charge is 0.418 e. The van der Waals surface area contributed by atoms with Crippen LogP contribution >= 0.6 is 11.6 Å². The summed E-state index contributed by atoms with van der Waals surface area (Å²) in [6, 6.07) is 7.75. The van der Waals surface area contributed by atoms with E-state index >= 15 is 0 Å². The molecule has 0 saturated carbocycles. The Bertz CT molecular complexity index is 643. The van der Waals surface area contributed by atoms with E-state index in [2.05, 4.69) is 0 Å². The summed E-state index contributed by atoms with van der Waals surface area (Å²) in [5, 5.41) is -0.976. The van der Waals surface area contributed by atoms with Gasteiger partial charge in [-0.3, -0.25) is 0 Å². The van der Waals surface area contributed by atoms with Crippen LogP contribution in [0.2, 0.25) is 5.02 Å². The average molecular weight is 325 g/mol. The van der Waals surface area contributed by atoms with Crippen LogP contribution in [0.1, 0.15) is 11.1 Å². The van der Waals surface area contributed by atoms with Crippen LogP contribution < -0.4 is 0 Å². The predicted octanol–water partition coefficient (Wildman–Crippen LogP) is 6.04. The van der Waals surface area contributed by atoms with Gasteiger partial charge in [0.1, 0.15) is 0 Å². The summed E-state index contributed by atoms with van der Waals surface area (Å²) in [5.41, 5.74) is -3.08. The Balaban J connectivity index is 2.78.